The van der Waals surface area contributed by atoms with Gasteiger partial charge in [-0.2, -0.15) is 15.8 Å². The van der Waals surface area contributed by atoms with Gasteiger partial charge in [-0.3, -0.25) is 0 Å². The molecule has 0 fully saturated rings. The predicted octanol–water partition coefficient (Wildman–Crippen LogP) is 2.97. The molecule has 0 saturated heterocycles. The molecule has 0 bridgehead atoms. The second kappa shape index (κ2) is 8.81. The van der Waals surface area contributed by atoms with E-state index in [1.807, 2.05) is 6.92 Å². The molecule has 1 aliphatic heterocycles. The minimum Gasteiger partial charge on any atom is -0.494 e. The smallest absolute Gasteiger partial charge is 0.410 e. The molecule has 0 aromatic heterocycles. The van der Waals surface area contributed by atoms with Gasteiger partial charge in [-0.25, -0.2) is 4.79 Å². The van der Waals surface area contributed by atoms with E-state index in [-0.39, 0.29) is 31.0 Å². The average molecular weight is 417 g/mol. The van der Waals surface area contributed by atoms with Crippen molar-refractivity contribution in [3.8, 4) is 24.0 Å². The van der Waals surface area contributed by atoms with Gasteiger partial charge in [0.2, 0.25) is 0 Å². The van der Waals surface area contributed by atoms with Crippen LogP contribution in [0.25, 0.3) is 0 Å². The summed E-state index contributed by atoms with van der Waals surface area (Å²) in [4.78, 5) is 13.9. The number of benzene rings is 1. The van der Waals surface area contributed by atoms with Crippen LogP contribution in [0.1, 0.15) is 25.3 Å². The lowest BCUT2D eigenvalue weighted by Crippen LogP contribution is -2.49. The molecule has 3 rings (SSSR count). The number of rotatable bonds is 4. The van der Waals surface area contributed by atoms with E-state index in [4.69, 9.17) is 15.2 Å². The fourth-order valence-corrected chi connectivity index (χ4v) is 4.41. The molecule has 0 saturated carbocycles. The summed E-state index contributed by atoms with van der Waals surface area (Å²) in [6.07, 6.45) is 1.26. The van der Waals surface area contributed by atoms with Crippen LogP contribution in [0, 0.1) is 45.3 Å². The highest BCUT2D eigenvalue weighted by Crippen LogP contribution is 2.55. The van der Waals surface area contributed by atoms with Gasteiger partial charge in [0.05, 0.1) is 36.6 Å². The molecule has 158 valence electrons. The van der Waals surface area contributed by atoms with E-state index in [2.05, 4.69) is 18.2 Å². The van der Waals surface area contributed by atoms with E-state index in [0.29, 0.717) is 23.5 Å². The number of nitriles is 3. The van der Waals surface area contributed by atoms with Gasteiger partial charge >= 0.3 is 6.09 Å². The molecule has 8 nitrogen and oxygen atoms in total. The standard InChI is InChI=1S/C23H23N5O3/c1-3-30-19-8-6-5-7-16(19)20-18-12-28(22(29)31-4-2)10-9-15(18)17(11-24)21(27)23(20,13-25)14-26/h5-9,18,20H,3-4,10,12,27H2,1-2H3/t18-,20-/m0/s1. The third-order valence-corrected chi connectivity index (χ3v) is 5.74. The molecule has 0 radical (unpaired) electrons. The number of hydrogen-bond acceptors (Lipinski definition) is 7. The lowest BCUT2D eigenvalue weighted by Gasteiger charge is -2.45. The molecular formula is C23H23N5O3. The van der Waals surface area contributed by atoms with Gasteiger partial charge in [0, 0.05) is 30.5 Å². The number of nitrogens with two attached hydrogens (primary N) is 1. The summed E-state index contributed by atoms with van der Waals surface area (Å²) in [5.74, 6) is -0.725. The monoisotopic (exact) mass is 417 g/mol. The van der Waals surface area contributed by atoms with Gasteiger partial charge in [-0.15, -0.1) is 0 Å². The highest BCUT2D eigenvalue weighted by molar-refractivity contribution is 5.69. The van der Waals surface area contributed by atoms with Crippen molar-refractivity contribution in [3.63, 3.8) is 0 Å². The van der Waals surface area contributed by atoms with Crippen molar-refractivity contribution >= 4 is 6.09 Å². The molecule has 1 heterocycles. The number of carbonyl (C=O) groups excluding carboxylic acids is 1. The molecule has 1 aromatic rings. The third-order valence-electron chi connectivity index (χ3n) is 5.74. The Morgan fingerprint density at radius 1 is 1.23 bits per heavy atom. The van der Waals surface area contributed by atoms with Crippen molar-refractivity contribution in [1.29, 1.82) is 15.8 Å². The van der Waals surface area contributed by atoms with Gasteiger partial charge < -0.3 is 20.1 Å². The second-order valence-electron chi connectivity index (χ2n) is 7.25. The third kappa shape index (κ3) is 3.45. The summed E-state index contributed by atoms with van der Waals surface area (Å²) in [6.45, 7) is 4.61. The zero-order valence-corrected chi connectivity index (χ0v) is 17.5. The number of amides is 1. The van der Waals surface area contributed by atoms with Crippen molar-refractivity contribution in [2.45, 2.75) is 19.8 Å². The second-order valence-corrected chi connectivity index (χ2v) is 7.25. The number of fused-ring (bicyclic) bond motifs is 1. The average Bonchev–Trinajstić information content (AvgIpc) is 2.79. The first-order chi connectivity index (χ1) is 15.0. The highest BCUT2D eigenvalue weighted by atomic mass is 16.6. The number of carbonyl (C=O) groups is 1. The van der Waals surface area contributed by atoms with E-state index in [9.17, 15) is 20.6 Å². The van der Waals surface area contributed by atoms with Gasteiger partial charge in [0.25, 0.3) is 0 Å². The largest absolute Gasteiger partial charge is 0.494 e. The molecular weight excluding hydrogens is 394 g/mol. The number of nitrogens with zero attached hydrogens (tertiary/aromatic N) is 4. The first-order valence-electron chi connectivity index (χ1n) is 10.1. The van der Waals surface area contributed by atoms with E-state index in [1.54, 1.807) is 37.3 Å². The van der Waals surface area contributed by atoms with E-state index in [0.717, 1.165) is 0 Å². The summed E-state index contributed by atoms with van der Waals surface area (Å²) >= 11 is 0. The molecule has 31 heavy (non-hydrogen) atoms. The number of ether oxygens (including phenoxy) is 2. The van der Waals surface area contributed by atoms with Gasteiger partial charge in [-0.1, -0.05) is 24.3 Å². The number of allylic oxidation sites excluding steroid dienone is 2. The maximum Gasteiger partial charge on any atom is 0.410 e. The van der Waals surface area contributed by atoms with Crippen molar-refractivity contribution in [3.05, 3.63) is 52.7 Å². The zero-order valence-electron chi connectivity index (χ0n) is 17.5. The summed E-state index contributed by atoms with van der Waals surface area (Å²) in [5.41, 5.74) is 5.85. The van der Waals surface area contributed by atoms with Crippen LogP contribution >= 0.6 is 0 Å². The van der Waals surface area contributed by atoms with Crippen molar-refractivity contribution < 1.29 is 14.3 Å². The maximum absolute atomic E-state index is 12.4. The Balaban J connectivity index is 2.27. The predicted molar refractivity (Wildman–Crippen MR) is 111 cm³/mol. The van der Waals surface area contributed by atoms with Gasteiger partial charge in [-0.05, 0) is 25.5 Å². The van der Waals surface area contributed by atoms with Gasteiger partial charge in [0.1, 0.15) is 11.8 Å². The zero-order chi connectivity index (χ0) is 22.6. The van der Waals surface area contributed by atoms with Crippen molar-refractivity contribution in [1.82, 2.24) is 4.90 Å². The molecule has 1 aromatic carbocycles. The van der Waals surface area contributed by atoms with Crippen LogP contribution < -0.4 is 10.5 Å². The van der Waals surface area contributed by atoms with Crippen molar-refractivity contribution in [2.24, 2.45) is 17.1 Å². The quantitative estimate of drug-likeness (QED) is 0.795. The summed E-state index contributed by atoms with van der Waals surface area (Å²) in [5, 5.41) is 30.1. The Morgan fingerprint density at radius 2 is 1.94 bits per heavy atom. The molecule has 1 aliphatic carbocycles. The van der Waals surface area contributed by atoms with Crippen LogP contribution in [0.2, 0.25) is 0 Å². The molecule has 0 unspecified atom stereocenters. The molecule has 0 spiro atoms. The Kier molecular flexibility index (Phi) is 6.18. The molecule has 2 aliphatic rings. The fourth-order valence-electron chi connectivity index (χ4n) is 4.41. The first-order valence-corrected chi connectivity index (χ1v) is 10.1. The Morgan fingerprint density at radius 3 is 2.55 bits per heavy atom. The van der Waals surface area contributed by atoms with E-state index in [1.165, 1.54) is 4.90 Å². The minimum absolute atomic E-state index is 0.0663. The topological polar surface area (TPSA) is 136 Å². The van der Waals surface area contributed by atoms with Crippen LogP contribution in [0.3, 0.4) is 0 Å². The number of para-hydroxylation sites is 1. The van der Waals surface area contributed by atoms with Crippen LogP contribution in [0.5, 0.6) is 5.75 Å². The molecule has 2 atom stereocenters. The van der Waals surface area contributed by atoms with E-state index >= 15 is 0 Å². The van der Waals surface area contributed by atoms with Crippen LogP contribution in [0.15, 0.2) is 47.2 Å². The SMILES string of the molecule is CCOC(=O)N1CC=C2C(C#N)=C(N)C(C#N)(C#N)[C@@H](c3ccccc3OCC)[C@H]2C1. The Bertz CT molecular complexity index is 1060. The highest BCUT2D eigenvalue weighted by Gasteiger charge is 2.55. The molecule has 8 heteroatoms. The van der Waals surface area contributed by atoms with Crippen LogP contribution in [-0.4, -0.2) is 37.3 Å². The Labute approximate surface area is 181 Å². The normalized spacial score (nSPS) is 21.6. The van der Waals surface area contributed by atoms with Crippen LogP contribution in [-0.2, 0) is 4.74 Å². The Hall–Kier alpha value is -3.96. The van der Waals surface area contributed by atoms with E-state index < -0.39 is 23.3 Å². The fraction of sp³-hybridized carbons (Fsp3) is 0.391. The maximum atomic E-state index is 12.4. The molecule has 1 amide bonds. The van der Waals surface area contributed by atoms with Crippen LogP contribution in [0.4, 0.5) is 4.79 Å². The minimum atomic E-state index is -1.79. The first kappa shape index (κ1) is 21.7. The summed E-state index contributed by atoms with van der Waals surface area (Å²) in [7, 11) is 0. The lowest BCUT2D eigenvalue weighted by molar-refractivity contribution is 0.0997. The van der Waals surface area contributed by atoms with Gasteiger partial charge in [0.15, 0.2) is 5.41 Å². The lowest BCUT2D eigenvalue weighted by atomic mass is 9.58. The molecule has 2 N–H and O–H groups in total. The summed E-state index contributed by atoms with van der Waals surface area (Å²) < 4.78 is 10.9. The van der Waals surface area contributed by atoms with Crippen molar-refractivity contribution in [2.75, 3.05) is 26.3 Å². The summed E-state index contributed by atoms with van der Waals surface area (Å²) in [6, 6.07) is 13.4. The number of hydrogen-bond donors (Lipinski definition) is 1.